The molecule has 102 valence electrons. The summed E-state index contributed by atoms with van der Waals surface area (Å²) in [5, 5.41) is 13.2. The summed E-state index contributed by atoms with van der Waals surface area (Å²) in [5.74, 6) is -1.18. The summed E-state index contributed by atoms with van der Waals surface area (Å²) in [4.78, 5) is 11.8. The summed E-state index contributed by atoms with van der Waals surface area (Å²) in [6.45, 7) is 0. The number of nitrogens with one attached hydrogen (secondary N) is 1. The number of hydrazone groups is 1. The molecule has 0 aliphatic carbocycles. The van der Waals surface area contributed by atoms with Gasteiger partial charge in [-0.1, -0.05) is 34.1 Å². The third-order valence-electron chi connectivity index (χ3n) is 2.48. The number of rotatable bonds is 3. The van der Waals surface area contributed by atoms with E-state index >= 15 is 0 Å². The highest BCUT2D eigenvalue weighted by Gasteiger charge is 2.10. The Morgan fingerprint density at radius 3 is 2.80 bits per heavy atom. The Balaban J connectivity index is 2.09. The zero-order valence-electron chi connectivity index (χ0n) is 10.2. The van der Waals surface area contributed by atoms with E-state index in [1.54, 1.807) is 18.2 Å². The van der Waals surface area contributed by atoms with Crippen molar-refractivity contribution < 1.29 is 14.3 Å². The van der Waals surface area contributed by atoms with Crippen molar-refractivity contribution >= 4 is 28.1 Å². The molecule has 0 fully saturated rings. The molecule has 0 unspecified atom stereocenters. The number of phenolic OH excluding ortho intramolecular Hbond substituents is 1. The van der Waals surface area contributed by atoms with Crippen LogP contribution in [0.5, 0.6) is 5.75 Å². The third kappa shape index (κ3) is 3.42. The van der Waals surface area contributed by atoms with E-state index < -0.39 is 11.7 Å². The van der Waals surface area contributed by atoms with Gasteiger partial charge in [0.25, 0.3) is 5.91 Å². The summed E-state index contributed by atoms with van der Waals surface area (Å²) in [5.41, 5.74) is 2.56. The second kappa shape index (κ2) is 6.29. The van der Waals surface area contributed by atoms with Crippen LogP contribution in [0.2, 0.25) is 0 Å². The number of halogens is 2. The molecule has 0 atom stereocenters. The number of phenols is 1. The lowest BCUT2D eigenvalue weighted by atomic mass is 10.2. The minimum absolute atomic E-state index is 0.0741. The highest BCUT2D eigenvalue weighted by Crippen LogP contribution is 2.21. The first-order valence-corrected chi connectivity index (χ1v) is 6.43. The third-order valence-corrected chi connectivity index (χ3v) is 2.97. The molecule has 4 nitrogen and oxygen atoms in total. The van der Waals surface area contributed by atoms with Crippen LogP contribution in [0.15, 0.2) is 52.0 Å². The van der Waals surface area contributed by atoms with E-state index in [1.807, 2.05) is 0 Å². The lowest BCUT2D eigenvalue weighted by Gasteiger charge is -2.03. The fraction of sp³-hybridized carbons (Fsp3) is 0. The van der Waals surface area contributed by atoms with Crippen molar-refractivity contribution in [2.24, 2.45) is 5.10 Å². The van der Waals surface area contributed by atoms with E-state index in [2.05, 4.69) is 26.5 Å². The van der Waals surface area contributed by atoms with Gasteiger partial charge < -0.3 is 5.11 Å². The molecule has 2 aromatic rings. The Hall–Kier alpha value is -2.21. The molecule has 0 aromatic heterocycles. The predicted molar refractivity (Wildman–Crippen MR) is 77.3 cm³/mol. The molecular formula is C14H10BrFN2O2. The Labute approximate surface area is 123 Å². The summed E-state index contributed by atoms with van der Waals surface area (Å²) >= 11 is 3.20. The van der Waals surface area contributed by atoms with Crippen LogP contribution in [-0.4, -0.2) is 17.2 Å². The van der Waals surface area contributed by atoms with Crippen molar-refractivity contribution in [3.63, 3.8) is 0 Å². The van der Waals surface area contributed by atoms with E-state index in [1.165, 1.54) is 30.5 Å². The molecule has 0 heterocycles. The maximum atomic E-state index is 13.3. The zero-order valence-corrected chi connectivity index (χ0v) is 11.8. The van der Waals surface area contributed by atoms with Gasteiger partial charge in [0.2, 0.25) is 0 Å². The summed E-state index contributed by atoms with van der Waals surface area (Å²) < 4.78 is 14.0. The number of hydrogen-bond acceptors (Lipinski definition) is 3. The maximum Gasteiger partial charge on any atom is 0.275 e. The van der Waals surface area contributed by atoms with Gasteiger partial charge in [0.05, 0.1) is 11.8 Å². The lowest BCUT2D eigenvalue weighted by molar-refractivity contribution is 0.0952. The predicted octanol–water partition coefficient (Wildman–Crippen LogP) is 3.06. The van der Waals surface area contributed by atoms with Gasteiger partial charge in [0.15, 0.2) is 0 Å². The standard InChI is InChI=1S/C14H10BrFN2O2/c15-10-5-6-13(19)11(7-10)14(20)18-17-8-9-3-1-2-4-12(9)16/h1-8,19H,(H,18,20). The fourth-order valence-corrected chi connectivity index (χ4v) is 1.85. The lowest BCUT2D eigenvalue weighted by Crippen LogP contribution is -2.17. The van der Waals surface area contributed by atoms with Gasteiger partial charge in [0, 0.05) is 10.0 Å². The minimum Gasteiger partial charge on any atom is -0.507 e. The second-order valence-electron chi connectivity index (χ2n) is 3.88. The maximum absolute atomic E-state index is 13.3. The molecule has 0 saturated carbocycles. The Kier molecular flexibility index (Phi) is 4.47. The van der Waals surface area contributed by atoms with Gasteiger partial charge in [-0.2, -0.15) is 5.10 Å². The average molecular weight is 337 g/mol. The largest absolute Gasteiger partial charge is 0.507 e. The van der Waals surface area contributed by atoms with Crippen LogP contribution in [0.25, 0.3) is 0 Å². The van der Waals surface area contributed by atoms with Crippen molar-refractivity contribution in [1.29, 1.82) is 0 Å². The molecule has 0 aliphatic heterocycles. The summed E-state index contributed by atoms with van der Waals surface area (Å²) in [6, 6.07) is 10.5. The molecule has 0 spiro atoms. The smallest absolute Gasteiger partial charge is 0.275 e. The first-order valence-electron chi connectivity index (χ1n) is 5.64. The number of nitrogens with zero attached hydrogens (tertiary/aromatic N) is 1. The van der Waals surface area contributed by atoms with Gasteiger partial charge in [-0.05, 0) is 24.3 Å². The quantitative estimate of drug-likeness (QED) is 0.668. The molecule has 2 N–H and O–H groups in total. The van der Waals surface area contributed by atoms with Crippen molar-refractivity contribution in [2.45, 2.75) is 0 Å². The Morgan fingerprint density at radius 1 is 1.30 bits per heavy atom. The summed E-state index contributed by atoms with van der Waals surface area (Å²) in [7, 11) is 0. The number of aromatic hydroxyl groups is 1. The van der Waals surface area contributed by atoms with Crippen LogP contribution in [0.4, 0.5) is 4.39 Å². The molecular weight excluding hydrogens is 327 g/mol. The highest BCUT2D eigenvalue weighted by molar-refractivity contribution is 9.10. The molecule has 0 aliphatic rings. The van der Waals surface area contributed by atoms with E-state index in [4.69, 9.17) is 0 Å². The monoisotopic (exact) mass is 336 g/mol. The second-order valence-corrected chi connectivity index (χ2v) is 4.80. The minimum atomic E-state index is -0.587. The molecule has 20 heavy (non-hydrogen) atoms. The molecule has 0 saturated heterocycles. The Bertz CT molecular complexity index is 674. The first kappa shape index (κ1) is 14.2. The number of amides is 1. The SMILES string of the molecule is O=C(NN=Cc1ccccc1F)c1cc(Br)ccc1O. The van der Waals surface area contributed by atoms with Crippen molar-refractivity contribution in [3.05, 3.63) is 63.9 Å². The molecule has 2 aromatic carbocycles. The summed E-state index contributed by atoms with van der Waals surface area (Å²) in [6.07, 6.45) is 1.20. The van der Waals surface area contributed by atoms with Crippen LogP contribution in [0.1, 0.15) is 15.9 Å². The van der Waals surface area contributed by atoms with Crippen LogP contribution in [0, 0.1) is 5.82 Å². The van der Waals surface area contributed by atoms with Crippen molar-refractivity contribution in [2.75, 3.05) is 0 Å². The number of carbonyl (C=O) groups is 1. The van der Waals surface area contributed by atoms with E-state index in [0.717, 1.165) is 0 Å². The molecule has 6 heteroatoms. The number of benzene rings is 2. The first-order chi connectivity index (χ1) is 9.58. The molecule has 0 bridgehead atoms. The zero-order chi connectivity index (χ0) is 14.5. The van der Waals surface area contributed by atoms with Crippen LogP contribution in [0.3, 0.4) is 0 Å². The number of carbonyl (C=O) groups excluding carboxylic acids is 1. The van der Waals surface area contributed by atoms with Crippen LogP contribution in [-0.2, 0) is 0 Å². The van der Waals surface area contributed by atoms with E-state index in [0.29, 0.717) is 4.47 Å². The van der Waals surface area contributed by atoms with E-state index in [-0.39, 0.29) is 16.9 Å². The van der Waals surface area contributed by atoms with Gasteiger partial charge in [-0.3, -0.25) is 4.79 Å². The van der Waals surface area contributed by atoms with Gasteiger partial charge in [-0.25, -0.2) is 9.82 Å². The van der Waals surface area contributed by atoms with Crippen LogP contribution < -0.4 is 5.43 Å². The fourth-order valence-electron chi connectivity index (χ4n) is 1.49. The molecule has 2 rings (SSSR count). The topological polar surface area (TPSA) is 61.7 Å². The van der Waals surface area contributed by atoms with Gasteiger partial charge in [-0.15, -0.1) is 0 Å². The highest BCUT2D eigenvalue weighted by atomic mass is 79.9. The van der Waals surface area contributed by atoms with Gasteiger partial charge >= 0.3 is 0 Å². The number of hydrogen-bond donors (Lipinski definition) is 2. The van der Waals surface area contributed by atoms with Crippen molar-refractivity contribution in [1.82, 2.24) is 5.43 Å². The normalized spacial score (nSPS) is 10.7. The molecule has 1 amide bonds. The van der Waals surface area contributed by atoms with E-state index in [9.17, 15) is 14.3 Å². The van der Waals surface area contributed by atoms with Crippen molar-refractivity contribution in [3.8, 4) is 5.75 Å². The van der Waals surface area contributed by atoms with Gasteiger partial charge in [0.1, 0.15) is 11.6 Å². The Morgan fingerprint density at radius 2 is 2.05 bits per heavy atom. The average Bonchev–Trinajstić information content (AvgIpc) is 2.43. The molecule has 0 radical (unpaired) electrons. The van der Waals surface area contributed by atoms with Crippen LogP contribution >= 0.6 is 15.9 Å².